The quantitative estimate of drug-likeness (QED) is 0.657. The first-order valence-electron chi connectivity index (χ1n) is 6.96. The molecule has 0 bridgehead atoms. The largest absolute Gasteiger partial charge is 0.473 e. The molecular weight excluding hydrogens is 265 g/mol. The predicted octanol–water partition coefficient (Wildman–Crippen LogP) is 4.34. The summed E-state index contributed by atoms with van der Waals surface area (Å²) >= 11 is 0. The van der Waals surface area contributed by atoms with E-state index in [-0.39, 0.29) is 5.82 Å². The summed E-state index contributed by atoms with van der Waals surface area (Å²) in [7, 11) is 0. The van der Waals surface area contributed by atoms with Gasteiger partial charge in [-0.2, -0.15) is 0 Å². The van der Waals surface area contributed by atoms with E-state index in [0.717, 1.165) is 16.7 Å². The van der Waals surface area contributed by atoms with Crippen LogP contribution in [0.1, 0.15) is 5.56 Å². The third kappa shape index (κ3) is 2.02. The molecule has 1 aliphatic heterocycles. The van der Waals surface area contributed by atoms with Crippen molar-refractivity contribution < 1.29 is 9.13 Å². The zero-order valence-electron chi connectivity index (χ0n) is 11.4. The molecule has 0 N–H and O–H groups in total. The van der Waals surface area contributed by atoms with E-state index in [9.17, 15) is 4.39 Å². The Morgan fingerprint density at radius 1 is 0.905 bits per heavy atom. The average Bonchev–Trinajstić information content (AvgIpc) is 2.55. The van der Waals surface area contributed by atoms with Crippen LogP contribution in [0.3, 0.4) is 0 Å². The Hall–Kier alpha value is -2.55. The number of halogens is 1. The van der Waals surface area contributed by atoms with Crippen LogP contribution >= 0.6 is 0 Å². The van der Waals surface area contributed by atoms with Crippen LogP contribution < -0.4 is 9.64 Å². The number of hydrogen-bond acceptors (Lipinski definition) is 2. The molecule has 3 heteroatoms. The third-order valence-electron chi connectivity index (χ3n) is 3.92. The monoisotopic (exact) mass is 279 g/mol. The van der Waals surface area contributed by atoms with E-state index in [2.05, 4.69) is 18.2 Å². The predicted molar refractivity (Wildman–Crippen MR) is 82.0 cm³/mol. The summed E-state index contributed by atoms with van der Waals surface area (Å²) in [5.41, 5.74) is 1.69. The van der Waals surface area contributed by atoms with E-state index in [1.165, 1.54) is 11.5 Å². The van der Waals surface area contributed by atoms with Gasteiger partial charge in [-0.05, 0) is 29.0 Å². The maximum Gasteiger partial charge on any atom is 0.161 e. The Morgan fingerprint density at radius 3 is 2.62 bits per heavy atom. The Balaban J connectivity index is 1.81. The van der Waals surface area contributed by atoms with Gasteiger partial charge in [0.2, 0.25) is 0 Å². The lowest BCUT2D eigenvalue weighted by atomic mass is 10.0. The summed E-state index contributed by atoms with van der Waals surface area (Å²) in [6.07, 6.45) is 0. The van der Waals surface area contributed by atoms with Crippen LogP contribution in [0.25, 0.3) is 10.8 Å². The van der Waals surface area contributed by atoms with Gasteiger partial charge in [0.25, 0.3) is 0 Å². The topological polar surface area (TPSA) is 12.5 Å². The fraction of sp³-hybridized carbons (Fsp3) is 0.111. The molecule has 0 saturated carbocycles. The number of rotatable bonds is 1. The minimum atomic E-state index is -0.218. The van der Waals surface area contributed by atoms with Gasteiger partial charge in [-0.1, -0.05) is 42.5 Å². The van der Waals surface area contributed by atoms with Gasteiger partial charge in [0.1, 0.15) is 11.6 Å². The molecule has 0 spiro atoms. The molecule has 0 aromatic heterocycles. The lowest BCUT2D eigenvalue weighted by Gasteiger charge is -2.31. The second kappa shape index (κ2) is 4.77. The smallest absolute Gasteiger partial charge is 0.161 e. The van der Waals surface area contributed by atoms with Crippen molar-refractivity contribution in [1.29, 1.82) is 0 Å². The number of fused-ring (bicyclic) bond motifs is 3. The van der Waals surface area contributed by atoms with Crippen LogP contribution in [0.15, 0.2) is 60.7 Å². The molecule has 0 radical (unpaired) electrons. The zero-order valence-corrected chi connectivity index (χ0v) is 11.4. The van der Waals surface area contributed by atoms with E-state index >= 15 is 0 Å². The highest BCUT2D eigenvalue weighted by molar-refractivity contribution is 5.88. The van der Waals surface area contributed by atoms with Gasteiger partial charge in [0.15, 0.2) is 6.73 Å². The van der Waals surface area contributed by atoms with Gasteiger partial charge in [-0.25, -0.2) is 4.39 Å². The van der Waals surface area contributed by atoms with Crippen LogP contribution in [0.5, 0.6) is 5.75 Å². The number of anilines is 1. The van der Waals surface area contributed by atoms with Crippen molar-refractivity contribution in [3.8, 4) is 5.75 Å². The molecule has 0 atom stereocenters. The van der Waals surface area contributed by atoms with Crippen molar-refractivity contribution in [1.82, 2.24) is 0 Å². The number of ether oxygens (including phenoxy) is 1. The lowest BCUT2D eigenvalue weighted by Crippen LogP contribution is -2.32. The summed E-state index contributed by atoms with van der Waals surface area (Å²) in [5.74, 6) is 0.672. The maximum absolute atomic E-state index is 14.0. The molecule has 0 unspecified atom stereocenters. The highest BCUT2D eigenvalue weighted by Crippen LogP contribution is 2.34. The minimum Gasteiger partial charge on any atom is -0.473 e. The maximum atomic E-state index is 14.0. The van der Waals surface area contributed by atoms with Crippen LogP contribution in [0, 0.1) is 5.82 Å². The van der Waals surface area contributed by atoms with Crippen molar-refractivity contribution in [3.05, 3.63) is 72.0 Å². The molecule has 21 heavy (non-hydrogen) atoms. The standard InChI is InChI=1S/C18H14FNO/c19-16-7-3-4-8-17(16)20-11-15-14-6-2-1-5-13(14)9-10-18(15)21-12-20/h1-10H,11-12H2. The second-order valence-electron chi connectivity index (χ2n) is 5.19. The van der Waals surface area contributed by atoms with E-state index in [4.69, 9.17) is 4.74 Å². The number of para-hydroxylation sites is 1. The van der Waals surface area contributed by atoms with Gasteiger partial charge in [0.05, 0.1) is 12.2 Å². The summed E-state index contributed by atoms with van der Waals surface area (Å²) in [6.45, 7) is 1.02. The molecule has 3 aromatic carbocycles. The summed E-state index contributed by atoms with van der Waals surface area (Å²) in [5, 5.41) is 2.34. The first kappa shape index (κ1) is 12.2. The van der Waals surface area contributed by atoms with Crippen LogP contribution in [-0.4, -0.2) is 6.73 Å². The average molecular weight is 279 g/mol. The SMILES string of the molecule is Fc1ccccc1N1COc2ccc3ccccc3c2C1. The molecular formula is C18H14FNO. The second-order valence-corrected chi connectivity index (χ2v) is 5.19. The van der Waals surface area contributed by atoms with Crippen LogP contribution in [-0.2, 0) is 6.54 Å². The van der Waals surface area contributed by atoms with Gasteiger partial charge in [-0.15, -0.1) is 0 Å². The lowest BCUT2D eigenvalue weighted by molar-refractivity contribution is 0.289. The number of benzene rings is 3. The van der Waals surface area contributed by atoms with Crippen molar-refractivity contribution in [3.63, 3.8) is 0 Å². The third-order valence-corrected chi connectivity index (χ3v) is 3.92. The molecule has 4 rings (SSSR count). The van der Waals surface area contributed by atoms with Crippen molar-refractivity contribution in [2.45, 2.75) is 6.54 Å². The summed E-state index contributed by atoms with van der Waals surface area (Å²) in [6, 6.07) is 19.1. The first-order chi connectivity index (χ1) is 10.3. The van der Waals surface area contributed by atoms with Crippen molar-refractivity contribution >= 4 is 16.5 Å². The van der Waals surface area contributed by atoms with Gasteiger partial charge >= 0.3 is 0 Å². The normalized spacial score (nSPS) is 13.9. The summed E-state index contributed by atoms with van der Waals surface area (Å²) in [4.78, 5) is 1.92. The molecule has 0 aliphatic carbocycles. The highest BCUT2D eigenvalue weighted by atomic mass is 19.1. The zero-order chi connectivity index (χ0) is 14.2. The van der Waals surface area contributed by atoms with Gasteiger partial charge in [-0.3, -0.25) is 0 Å². The number of hydrogen-bond donors (Lipinski definition) is 0. The van der Waals surface area contributed by atoms with E-state index in [1.807, 2.05) is 29.2 Å². The molecule has 0 saturated heterocycles. The summed E-state index contributed by atoms with van der Waals surface area (Å²) < 4.78 is 19.8. The van der Waals surface area contributed by atoms with Crippen LogP contribution in [0.4, 0.5) is 10.1 Å². The minimum absolute atomic E-state index is 0.218. The molecule has 1 aliphatic rings. The Kier molecular flexibility index (Phi) is 2.78. The van der Waals surface area contributed by atoms with Crippen molar-refractivity contribution in [2.24, 2.45) is 0 Å². The fourth-order valence-corrected chi connectivity index (χ4v) is 2.86. The fourth-order valence-electron chi connectivity index (χ4n) is 2.86. The van der Waals surface area contributed by atoms with E-state index in [0.29, 0.717) is 19.0 Å². The van der Waals surface area contributed by atoms with E-state index < -0.39 is 0 Å². The van der Waals surface area contributed by atoms with Gasteiger partial charge in [0, 0.05) is 5.56 Å². The molecule has 104 valence electrons. The number of nitrogens with zero attached hydrogens (tertiary/aromatic N) is 1. The van der Waals surface area contributed by atoms with Crippen LogP contribution in [0.2, 0.25) is 0 Å². The molecule has 3 aromatic rings. The Morgan fingerprint density at radius 2 is 1.71 bits per heavy atom. The van der Waals surface area contributed by atoms with Crippen molar-refractivity contribution in [2.75, 3.05) is 11.6 Å². The van der Waals surface area contributed by atoms with E-state index in [1.54, 1.807) is 12.1 Å². The van der Waals surface area contributed by atoms with Gasteiger partial charge < -0.3 is 9.64 Å². The molecule has 0 amide bonds. The molecule has 2 nitrogen and oxygen atoms in total. The Bertz CT molecular complexity index is 815. The molecule has 0 fully saturated rings. The molecule has 1 heterocycles. The first-order valence-corrected chi connectivity index (χ1v) is 6.96. The Labute approximate surface area is 122 Å². The highest BCUT2D eigenvalue weighted by Gasteiger charge is 2.21.